The number of rotatable bonds is 3. The van der Waals surface area contributed by atoms with Gasteiger partial charge < -0.3 is 4.74 Å². The molecule has 6 heteroatoms. The fourth-order valence-electron chi connectivity index (χ4n) is 1.61. The summed E-state index contributed by atoms with van der Waals surface area (Å²) in [6.45, 7) is 2.08. The van der Waals surface area contributed by atoms with Gasteiger partial charge in [0.05, 0.1) is 17.7 Å². The van der Waals surface area contributed by atoms with Gasteiger partial charge in [0, 0.05) is 6.20 Å². The molecule has 0 radical (unpaired) electrons. The Labute approximate surface area is 108 Å². The van der Waals surface area contributed by atoms with Crippen molar-refractivity contribution in [3.05, 3.63) is 29.5 Å². The first kappa shape index (κ1) is 12.5. The van der Waals surface area contributed by atoms with E-state index in [-0.39, 0.29) is 0 Å². The summed E-state index contributed by atoms with van der Waals surface area (Å²) < 4.78 is 6.52. The molecule has 0 unspecified atom stereocenters. The lowest BCUT2D eigenvalue weighted by Gasteiger charge is -2.01. The Balaban J connectivity index is 2.57. The molecule has 0 aliphatic rings. The Morgan fingerprint density at radius 2 is 2.44 bits per heavy atom. The Bertz CT molecular complexity index is 643. The zero-order chi connectivity index (χ0) is 13.1. The van der Waals surface area contributed by atoms with E-state index in [2.05, 4.69) is 11.2 Å². The number of carbonyl (C=O) groups is 1. The highest BCUT2D eigenvalue weighted by atomic mass is 32.2. The number of pyridine rings is 1. The van der Waals surface area contributed by atoms with Crippen molar-refractivity contribution in [3.8, 4) is 6.07 Å². The third-order valence-corrected chi connectivity index (χ3v) is 3.09. The first-order chi connectivity index (χ1) is 8.71. The van der Waals surface area contributed by atoms with Gasteiger partial charge in [0.25, 0.3) is 0 Å². The SMILES string of the molecule is CCOC(=O)c1ccn2nc(SC)c(C#N)c2c1. The van der Waals surface area contributed by atoms with Gasteiger partial charge in [0.15, 0.2) is 0 Å². The minimum atomic E-state index is -0.393. The van der Waals surface area contributed by atoms with Crippen LogP contribution in [0.5, 0.6) is 0 Å². The van der Waals surface area contributed by atoms with Crippen LogP contribution in [0, 0.1) is 11.3 Å². The molecule has 0 saturated carbocycles. The van der Waals surface area contributed by atoms with Gasteiger partial charge in [-0.3, -0.25) is 0 Å². The predicted molar refractivity (Wildman–Crippen MR) is 67.6 cm³/mol. The number of hydrogen-bond acceptors (Lipinski definition) is 5. The van der Waals surface area contributed by atoms with E-state index in [4.69, 9.17) is 10.00 Å². The normalized spacial score (nSPS) is 10.3. The number of thioether (sulfide) groups is 1. The van der Waals surface area contributed by atoms with Gasteiger partial charge in [0.1, 0.15) is 16.7 Å². The monoisotopic (exact) mass is 261 g/mol. The summed E-state index contributed by atoms with van der Waals surface area (Å²) in [5.74, 6) is -0.393. The standard InChI is InChI=1S/C12H11N3O2S/c1-3-17-12(16)8-4-5-15-10(6-8)9(7-13)11(14-15)18-2/h4-6H,3H2,1-2H3. The average Bonchev–Trinajstić information content (AvgIpc) is 2.75. The molecule has 0 spiro atoms. The van der Waals surface area contributed by atoms with Gasteiger partial charge >= 0.3 is 5.97 Å². The maximum Gasteiger partial charge on any atom is 0.338 e. The molecule has 0 fully saturated rings. The minimum Gasteiger partial charge on any atom is -0.462 e. The van der Waals surface area contributed by atoms with Crippen LogP contribution in [0.15, 0.2) is 23.4 Å². The van der Waals surface area contributed by atoms with Crippen molar-refractivity contribution in [1.29, 1.82) is 5.26 Å². The molecule has 92 valence electrons. The van der Waals surface area contributed by atoms with Crippen molar-refractivity contribution in [2.75, 3.05) is 12.9 Å². The third kappa shape index (κ3) is 2.05. The van der Waals surface area contributed by atoms with Crippen LogP contribution >= 0.6 is 11.8 Å². The molecular formula is C12H11N3O2S. The molecular weight excluding hydrogens is 250 g/mol. The number of ether oxygens (including phenoxy) is 1. The summed E-state index contributed by atoms with van der Waals surface area (Å²) in [7, 11) is 0. The summed E-state index contributed by atoms with van der Waals surface area (Å²) in [6.07, 6.45) is 3.51. The van der Waals surface area contributed by atoms with E-state index in [1.807, 2.05) is 6.26 Å². The lowest BCUT2D eigenvalue weighted by Crippen LogP contribution is -2.05. The highest BCUT2D eigenvalue weighted by Gasteiger charge is 2.14. The third-order valence-electron chi connectivity index (χ3n) is 2.42. The molecule has 2 rings (SSSR count). The van der Waals surface area contributed by atoms with E-state index in [0.717, 1.165) is 0 Å². The molecule has 0 aliphatic carbocycles. The summed E-state index contributed by atoms with van der Waals surface area (Å²) in [6, 6.07) is 5.37. The highest BCUT2D eigenvalue weighted by Crippen LogP contribution is 2.23. The Kier molecular flexibility index (Phi) is 3.53. The quantitative estimate of drug-likeness (QED) is 0.625. The van der Waals surface area contributed by atoms with Gasteiger partial charge in [-0.1, -0.05) is 0 Å². The molecule has 2 aromatic rings. The van der Waals surface area contributed by atoms with Crippen LogP contribution in [0.4, 0.5) is 0 Å². The van der Waals surface area contributed by atoms with Crippen LogP contribution in [0.25, 0.3) is 5.52 Å². The molecule has 0 bridgehead atoms. The van der Waals surface area contributed by atoms with Gasteiger partial charge in [-0.05, 0) is 25.3 Å². The fourth-order valence-corrected chi connectivity index (χ4v) is 2.14. The molecule has 0 saturated heterocycles. The van der Waals surface area contributed by atoms with Gasteiger partial charge in [0.2, 0.25) is 0 Å². The van der Waals surface area contributed by atoms with E-state index in [1.165, 1.54) is 11.8 Å². The summed E-state index contributed by atoms with van der Waals surface area (Å²) >= 11 is 1.40. The van der Waals surface area contributed by atoms with E-state index in [0.29, 0.717) is 28.3 Å². The van der Waals surface area contributed by atoms with Crippen molar-refractivity contribution in [2.24, 2.45) is 0 Å². The van der Waals surface area contributed by atoms with Crippen LogP contribution in [0.2, 0.25) is 0 Å². The molecule has 0 amide bonds. The van der Waals surface area contributed by atoms with Crippen LogP contribution in [0.1, 0.15) is 22.8 Å². The minimum absolute atomic E-state index is 0.324. The van der Waals surface area contributed by atoms with Crippen LogP contribution < -0.4 is 0 Å². The topological polar surface area (TPSA) is 67.4 Å². The van der Waals surface area contributed by atoms with E-state index in [9.17, 15) is 4.79 Å². The predicted octanol–water partition coefficient (Wildman–Crippen LogP) is 2.10. The first-order valence-corrected chi connectivity index (χ1v) is 6.57. The van der Waals surface area contributed by atoms with Crippen molar-refractivity contribution in [1.82, 2.24) is 9.61 Å². The number of carbonyl (C=O) groups excluding carboxylic acids is 1. The fraction of sp³-hybridized carbons (Fsp3) is 0.250. The molecule has 2 heterocycles. The van der Waals surface area contributed by atoms with Crippen molar-refractivity contribution < 1.29 is 9.53 Å². The molecule has 0 atom stereocenters. The van der Waals surface area contributed by atoms with E-state index < -0.39 is 5.97 Å². The van der Waals surface area contributed by atoms with E-state index >= 15 is 0 Å². The maximum absolute atomic E-state index is 11.6. The van der Waals surface area contributed by atoms with Crippen molar-refractivity contribution >= 4 is 23.2 Å². The Morgan fingerprint density at radius 1 is 1.67 bits per heavy atom. The lowest BCUT2D eigenvalue weighted by atomic mass is 10.2. The van der Waals surface area contributed by atoms with E-state index in [1.54, 1.807) is 29.8 Å². The summed E-state index contributed by atoms with van der Waals surface area (Å²) in [5, 5.41) is 14.0. The number of fused-ring (bicyclic) bond motifs is 1. The second-order valence-corrected chi connectivity index (χ2v) is 4.26. The lowest BCUT2D eigenvalue weighted by molar-refractivity contribution is 0.0526. The molecule has 18 heavy (non-hydrogen) atoms. The zero-order valence-electron chi connectivity index (χ0n) is 10.0. The largest absolute Gasteiger partial charge is 0.462 e. The molecule has 0 N–H and O–H groups in total. The van der Waals surface area contributed by atoms with Gasteiger partial charge in [-0.2, -0.15) is 10.4 Å². The first-order valence-electron chi connectivity index (χ1n) is 5.34. The van der Waals surface area contributed by atoms with Crippen molar-refractivity contribution in [2.45, 2.75) is 11.9 Å². The molecule has 0 aliphatic heterocycles. The van der Waals surface area contributed by atoms with Crippen molar-refractivity contribution in [3.63, 3.8) is 0 Å². The Hall–Kier alpha value is -2.00. The number of hydrogen-bond donors (Lipinski definition) is 0. The number of nitrogens with zero attached hydrogens (tertiary/aromatic N) is 3. The summed E-state index contributed by atoms with van der Waals surface area (Å²) in [4.78, 5) is 11.6. The van der Waals surface area contributed by atoms with Crippen LogP contribution in [-0.4, -0.2) is 28.4 Å². The number of esters is 1. The second kappa shape index (κ2) is 5.10. The smallest absolute Gasteiger partial charge is 0.338 e. The zero-order valence-corrected chi connectivity index (χ0v) is 10.8. The number of nitriles is 1. The van der Waals surface area contributed by atoms with Gasteiger partial charge in [-0.15, -0.1) is 11.8 Å². The summed E-state index contributed by atoms with van der Waals surface area (Å²) in [5.41, 5.74) is 1.52. The van der Waals surface area contributed by atoms with Gasteiger partial charge in [-0.25, -0.2) is 9.31 Å². The second-order valence-electron chi connectivity index (χ2n) is 3.46. The van der Waals surface area contributed by atoms with Crippen LogP contribution in [0.3, 0.4) is 0 Å². The number of aromatic nitrogens is 2. The maximum atomic E-state index is 11.6. The highest BCUT2D eigenvalue weighted by molar-refractivity contribution is 7.98. The van der Waals surface area contributed by atoms with Crippen LogP contribution in [-0.2, 0) is 4.74 Å². The molecule has 5 nitrogen and oxygen atoms in total. The molecule has 0 aromatic carbocycles. The average molecular weight is 261 g/mol. The Morgan fingerprint density at radius 3 is 3.06 bits per heavy atom. The molecule has 2 aromatic heterocycles.